The lowest BCUT2D eigenvalue weighted by Crippen LogP contribution is -2.41. The summed E-state index contributed by atoms with van der Waals surface area (Å²) in [6.07, 6.45) is 1.34. The smallest absolute Gasteiger partial charge is 0.488 e. The molecule has 0 spiro atoms. The molecule has 1 N–H and O–H groups in total. The van der Waals surface area contributed by atoms with E-state index in [0.717, 1.165) is 0 Å². The summed E-state index contributed by atoms with van der Waals surface area (Å²) in [6, 6.07) is 6.20. The van der Waals surface area contributed by atoms with E-state index < -0.39 is 30.1 Å². The van der Waals surface area contributed by atoms with E-state index >= 15 is 4.39 Å². The van der Waals surface area contributed by atoms with Crippen LogP contribution in [0, 0.1) is 17.7 Å². The molecule has 2 aliphatic rings. The minimum atomic E-state index is -0.801. The summed E-state index contributed by atoms with van der Waals surface area (Å²) < 4.78 is 53.2. The zero-order chi connectivity index (χ0) is 25.7. The fourth-order valence-corrected chi connectivity index (χ4v) is 3.75. The van der Waals surface area contributed by atoms with E-state index in [2.05, 4.69) is 20.4 Å². The van der Waals surface area contributed by atoms with Crippen LogP contribution in [0.1, 0.15) is 27.7 Å². The largest absolute Gasteiger partial charge is 0.497 e. The van der Waals surface area contributed by atoms with Crippen LogP contribution in [0.15, 0.2) is 30.5 Å². The molecule has 0 bridgehead atoms. The second kappa shape index (κ2) is 9.09. The number of rotatable bonds is 7. The number of benzene rings is 1. The Labute approximate surface area is 208 Å². The maximum atomic E-state index is 15.0. The Kier molecular flexibility index (Phi) is 6.21. The van der Waals surface area contributed by atoms with E-state index in [1.807, 2.05) is 27.7 Å². The van der Waals surface area contributed by atoms with Crippen LogP contribution >= 0.6 is 0 Å². The molecular weight excluding hydrogens is 471 g/mol. The van der Waals surface area contributed by atoms with Crippen LogP contribution in [-0.4, -0.2) is 57.9 Å². The molecular formula is C24H28BF2N5O4. The van der Waals surface area contributed by atoms with Crippen LogP contribution in [0.4, 0.5) is 20.4 Å². The number of pyridine rings is 1. The first-order valence-electron chi connectivity index (χ1n) is 11.7. The predicted octanol–water partition coefficient (Wildman–Crippen LogP) is 3.22. The lowest BCUT2D eigenvalue weighted by molar-refractivity contribution is -0.0513. The quantitative estimate of drug-likeness (QED) is 0.392. The van der Waals surface area contributed by atoms with Gasteiger partial charge in [0, 0.05) is 35.9 Å². The first-order chi connectivity index (χ1) is 17.0. The second-order valence-corrected chi connectivity index (χ2v) is 10.1. The number of nitrogens with one attached hydrogen (secondary N) is 1. The van der Waals surface area contributed by atoms with Gasteiger partial charge in [-0.3, -0.25) is 0 Å². The van der Waals surface area contributed by atoms with E-state index in [0.29, 0.717) is 48.3 Å². The summed E-state index contributed by atoms with van der Waals surface area (Å²) in [6.45, 7) is 9.22. The van der Waals surface area contributed by atoms with Crippen molar-refractivity contribution < 1.29 is 27.6 Å². The zero-order valence-electron chi connectivity index (χ0n) is 20.8. The van der Waals surface area contributed by atoms with Crippen LogP contribution in [0.5, 0.6) is 5.75 Å². The molecule has 36 heavy (non-hydrogen) atoms. The van der Waals surface area contributed by atoms with Crippen LogP contribution in [0.3, 0.4) is 0 Å². The van der Waals surface area contributed by atoms with Crippen molar-refractivity contribution in [2.24, 2.45) is 13.0 Å². The molecule has 4 heterocycles. The third-order valence-corrected chi connectivity index (χ3v) is 6.77. The number of nitrogens with zero attached hydrogens (tertiary/aromatic N) is 4. The van der Waals surface area contributed by atoms with Gasteiger partial charge in [0.1, 0.15) is 5.82 Å². The summed E-state index contributed by atoms with van der Waals surface area (Å²) in [5.41, 5.74) is 0.140. The fourth-order valence-electron chi connectivity index (χ4n) is 3.75. The number of hydrogen-bond acceptors (Lipinski definition) is 8. The van der Waals surface area contributed by atoms with Gasteiger partial charge in [-0.25, -0.2) is 14.1 Å². The Morgan fingerprint density at radius 2 is 1.86 bits per heavy atom. The van der Waals surface area contributed by atoms with Crippen LogP contribution in [-0.2, 0) is 21.1 Å². The summed E-state index contributed by atoms with van der Waals surface area (Å²) in [7, 11) is 0.892. The molecule has 0 aliphatic carbocycles. The van der Waals surface area contributed by atoms with Crippen molar-refractivity contribution in [2.45, 2.75) is 38.9 Å². The molecule has 9 nitrogen and oxygen atoms in total. The summed E-state index contributed by atoms with van der Waals surface area (Å²) >= 11 is 0. The molecule has 2 aliphatic heterocycles. The molecule has 5 rings (SSSR count). The summed E-state index contributed by atoms with van der Waals surface area (Å²) in [4.78, 5) is 8.24. The Bertz CT molecular complexity index is 1270. The maximum Gasteiger partial charge on any atom is 0.497 e. The Morgan fingerprint density at radius 3 is 2.50 bits per heavy atom. The van der Waals surface area contributed by atoms with E-state index in [4.69, 9.17) is 18.8 Å². The van der Waals surface area contributed by atoms with E-state index in [1.54, 1.807) is 19.2 Å². The highest BCUT2D eigenvalue weighted by Crippen LogP contribution is 2.36. The van der Waals surface area contributed by atoms with Gasteiger partial charge in [-0.15, -0.1) is 5.10 Å². The predicted molar refractivity (Wildman–Crippen MR) is 129 cm³/mol. The van der Waals surface area contributed by atoms with Crippen molar-refractivity contribution in [3.8, 4) is 17.1 Å². The summed E-state index contributed by atoms with van der Waals surface area (Å²) in [5.74, 6) is -0.215. The second-order valence-electron chi connectivity index (χ2n) is 10.1. The van der Waals surface area contributed by atoms with Crippen molar-refractivity contribution >= 4 is 24.2 Å². The lowest BCUT2D eigenvalue weighted by Gasteiger charge is -2.32. The molecule has 0 saturated carbocycles. The third kappa shape index (κ3) is 4.68. The zero-order valence-corrected chi connectivity index (χ0v) is 20.8. The minimum Gasteiger partial charge on any atom is -0.488 e. The molecule has 2 aromatic heterocycles. The molecule has 12 heteroatoms. The Balaban J connectivity index is 1.31. The van der Waals surface area contributed by atoms with Gasteiger partial charge in [-0.1, -0.05) is 6.07 Å². The van der Waals surface area contributed by atoms with Crippen molar-refractivity contribution in [3.05, 3.63) is 42.2 Å². The topological polar surface area (TPSA) is 92.6 Å². The summed E-state index contributed by atoms with van der Waals surface area (Å²) in [5, 5.41) is 7.44. The lowest BCUT2D eigenvalue weighted by atomic mass is 9.78. The molecule has 0 radical (unpaired) electrons. The highest BCUT2D eigenvalue weighted by atomic mass is 19.1. The highest BCUT2D eigenvalue weighted by molar-refractivity contribution is 6.62. The molecule has 2 saturated heterocycles. The van der Waals surface area contributed by atoms with E-state index in [1.165, 1.54) is 23.0 Å². The van der Waals surface area contributed by atoms with Crippen molar-refractivity contribution in [2.75, 3.05) is 25.1 Å². The van der Waals surface area contributed by atoms with Gasteiger partial charge >= 0.3 is 7.12 Å². The molecule has 1 aromatic carbocycles. The molecule has 3 aromatic rings. The monoisotopic (exact) mass is 499 g/mol. The van der Waals surface area contributed by atoms with Crippen molar-refractivity contribution in [1.29, 1.82) is 0 Å². The van der Waals surface area contributed by atoms with Gasteiger partial charge in [0.05, 0.1) is 31.0 Å². The molecule has 2 fully saturated rings. The van der Waals surface area contributed by atoms with Crippen LogP contribution in [0.2, 0.25) is 0 Å². The molecule has 0 unspecified atom stereocenters. The average Bonchev–Trinajstić information content (AvgIpc) is 3.23. The van der Waals surface area contributed by atoms with Gasteiger partial charge in [0.25, 0.3) is 5.95 Å². The van der Waals surface area contributed by atoms with Crippen LogP contribution < -0.4 is 15.5 Å². The van der Waals surface area contributed by atoms with Crippen molar-refractivity contribution in [1.82, 2.24) is 19.7 Å². The number of anilines is 2. The molecule has 0 amide bonds. The minimum absolute atomic E-state index is 0.0294. The van der Waals surface area contributed by atoms with E-state index in [-0.39, 0.29) is 11.7 Å². The fraction of sp³-hybridized carbons (Fsp3) is 0.458. The average molecular weight is 499 g/mol. The van der Waals surface area contributed by atoms with Crippen molar-refractivity contribution in [3.63, 3.8) is 0 Å². The van der Waals surface area contributed by atoms with Gasteiger partial charge in [-0.2, -0.15) is 9.37 Å². The number of ether oxygens (including phenoxy) is 2. The third-order valence-electron chi connectivity index (χ3n) is 6.77. The highest BCUT2D eigenvalue weighted by Gasteiger charge is 2.52. The first kappa shape index (κ1) is 24.6. The number of halogens is 2. The Morgan fingerprint density at radius 1 is 1.14 bits per heavy atom. The SMILES string of the molecule is Cn1nc(-c2cnc(F)c(OCC3COC3)c2)nc1Nc1ccc(B2OC(C)(C)C(C)(C)O2)c(F)c1. The molecule has 0 atom stereocenters. The van der Waals surface area contributed by atoms with Gasteiger partial charge in [-0.05, 0) is 45.9 Å². The van der Waals surface area contributed by atoms with Gasteiger partial charge in [0.2, 0.25) is 5.95 Å². The number of hydrogen-bond donors (Lipinski definition) is 1. The maximum absolute atomic E-state index is 15.0. The van der Waals surface area contributed by atoms with Gasteiger partial charge < -0.3 is 24.1 Å². The van der Waals surface area contributed by atoms with E-state index in [9.17, 15) is 4.39 Å². The standard InChI is InChI=1S/C24H28BF2N5O4/c1-23(2)24(3,4)36-25(35-23)17-7-6-16(9-18(17)26)29-22-30-21(31-32(22)5)15-8-19(20(27)28-10-15)34-13-14-11-33-12-14/h6-10,14H,11-13H2,1-5H3,(H,29,30,31). The Hall–Kier alpha value is -3.09. The normalized spacial score (nSPS) is 18.8. The van der Waals surface area contributed by atoms with Crippen LogP contribution in [0.25, 0.3) is 11.4 Å². The number of aromatic nitrogens is 4. The first-order valence-corrected chi connectivity index (χ1v) is 11.7. The van der Waals surface area contributed by atoms with Gasteiger partial charge in [0.15, 0.2) is 11.6 Å². The number of aryl methyl sites for hydroxylation is 1. The molecule has 190 valence electrons.